The maximum atomic E-state index is 13.0. The van der Waals surface area contributed by atoms with Crippen LogP contribution >= 0.6 is 0 Å². The van der Waals surface area contributed by atoms with E-state index in [0.29, 0.717) is 30.9 Å². The average Bonchev–Trinajstić information content (AvgIpc) is 2.69. The minimum absolute atomic E-state index is 0.137. The highest BCUT2D eigenvalue weighted by Crippen LogP contribution is 2.28. The van der Waals surface area contributed by atoms with Gasteiger partial charge in [0, 0.05) is 12.2 Å². The van der Waals surface area contributed by atoms with Crippen molar-refractivity contribution in [1.82, 2.24) is 10.6 Å². The van der Waals surface area contributed by atoms with Gasteiger partial charge in [-0.1, -0.05) is 25.1 Å². The average molecular weight is 362 g/mol. The molecule has 0 aliphatic carbocycles. The molecule has 2 fully saturated rings. The van der Waals surface area contributed by atoms with Gasteiger partial charge in [-0.25, -0.2) is 0 Å². The van der Waals surface area contributed by atoms with Crippen molar-refractivity contribution in [3.8, 4) is 0 Å². The van der Waals surface area contributed by atoms with Crippen LogP contribution in [0.3, 0.4) is 0 Å². The monoisotopic (exact) mass is 362 g/mol. The molecule has 0 spiro atoms. The second-order valence-corrected chi connectivity index (χ2v) is 7.28. The van der Waals surface area contributed by atoms with Crippen LogP contribution in [0.5, 0.6) is 0 Å². The zero-order chi connectivity index (χ0) is 18.5. The topological polar surface area (TPSA) is 90.8 Å². The van der Waals surface area contributed by atoms with Crippen LogP contribution in [0.1, 0.15) is 54.4 Å². The van der Waals surface area contributed by atoms with Gasteiger partial charge in [-0.05, 0) is 56.3 Å². The number of piperidine rings is 1. The molecule has 26 heavy (non-hydrogen) atoms. The molecule has 1 aromatic carbocycles. The number of aliphatic hydroxyl groups excluding tert-OH is 2. The van der Waals surface area contributed by atoms with Gasteiger partial charge >= 0.3 is 0 Å². The van der Waals surface area contributed by atoms with Gasteiger partial charge in [-0.3, -0.25) is 4.79 Å². The second kappa shape index (κ2) is 8.95. The van der Waals surface area contributed by atoms with Crippen molar-refractivity contribution >= 4 is 5.91 Å². The molecule has 2 aliphatic heterocycles. The number of carbonyl (C=O) groups is 1. The molecule has 1 aromatic rings. The van der Waals surface area contributed by atoms with Gasteiger partial charge in [-0.15, -0.1) is 0 Å². The molecule has 2 heterocycles. The van der Waals surface area contributed by atoms with Gasteiger partial charge in [0.25, 0.3) is 5.91 Å². The minimum atomic E-state index is -0.978. The number of aliphatic hydroxyl groups is 2. The highest BCUT2D eigenvalue weighted by atomic mass is 16.5. The van der Waals surface area contributed by atoms with Crippen LogP contribution < -0.4 is 10.6 Å². The van der Waals surface area contributed by atoms with Gasteiger partial charge < -0.3 is 25.6 Å². The van der Waals surface area contributed by atoms with E-state index < -0.39 is 18.3 Å². The number of carbonyl (C=O) groups excluding carboxylic acids is 1. The molecule has 2 unspecified atom stereocenters. The molecule has 4 N–H and O–H groups in total. The van der Waals surface area contributed by atoms with Crippen molar-refractivity contribution in [2.75, 3.05) is 19.7 Å². The molecule has 3 rings (SSSR count). The predicted molar refractivity (Wildman–Crippen MR) is 99.2 cm³/mol. The van der Waals surface area contributed by atoms with Gasteiger partial charge in [0.1, 0.15) is 12.2 Å². The summed E-state index contributed by atoms with van der Waals surface area (Å²) >= 11 is 0. The lowest BCUT2D eigenvalue weighted by Gasteiger charge is -2.37. The quantitative estimate of drug-likeness (QED) is 0.631. The first kappa shape index (κ1) is 19.3. The molecular formula is C20H30N2O4. The van der Waals surface area contributed by atoms with E-state index in [9.17, 15) is 15.0 Å². The van der Waals surface area contributed by atoms with Crippen molar-refractivity contribution < 1.29 is 19.7 Å². The van der Waals surface area contributed by atoms with E-state index in [0.717, 1.165) is 31.5 Å². The fourth-order valence-corrected chi connectivity index (χ4v) is 4.02. The SMILES string of the molecule is CCC(NC(=O)c1ccccc1C1CCNCC1)C1OCC[C@@H](O)[C@H]1O. The predicted octanol–water partition coefficient (Wildman–Crippen LogP) is 1.17. The van der Waals surface area contributed by atoms with Crippen molar-refractivity contribution in [3.05, 3.63) is 35.4 Å². The summed E-state index contributed by atoms with van der Waals surface area (Å²) in [5, 5.41) is 26.5. The summed E-state index contributed by atoms with van der Waals surface area (Å²) in [6, 6.07) is 7.44. The van der Waals surface area contributed by atoms with E-state index in [-0.39, 0.29) is 11.9 Å². The normalized spacial score (nSPS) is 28.5. The van der Waals surface area contributed by atoms with E-state index >= 15 is 0 Å². The third-order valence-electron chi connectivity index (χ3n) is 5.59. The molecule has 0 bridgehead atoms. The summed E-state index contributed by atoms with van der Waals surface area (Å²) < 4.78 is 5.66. The van der Waals surface area contributed by atoms with Crippen molar-refractivity contribution in [2.45, 2.75) is 62.9 Å². The van der Waals surface area contributed by atoms with Crippen LogP contribution in [0.4, 0.5) is 0 Å². The molecule has 0 saturated carbocycles. The van der Waals surface area contributed by atoms with Crippen LogP contribution in [0.15, 0.2) is 24.3 Å². The Balaban J connectivity index is 1.74. The van der Waals surface area contributed by atoms with Gasteiger partial charge in [0.05, 0.1) is 12.1 Å². The first-order valence-corrected chi connectivity index (χ1v) is 9.70. The number of amides is 1. The zero-order valence-corrected chi connectivity index (χ0v) is 15.4. The van der Waals surface area contributed by atoms with E-state index in [2.05, 4.69) is 10.6 Å². The summed E-state index contributed by atoms with van der Waals surface area (Å²) in [6.07, 6.45) is 0.723. The summed E-state index contributed by atoms with van der Waals surface area (Å²) in [4.78, 5) is 13.0. The number of ether oxygens (including phenoxy) is 1. The Kier molecular flexibility index (Phi) is 6.64. The standard InChI is InChI=1S/C20H30N2O4/c1-2-16(19-18(24)17(23)9-12-26-19)22-20(25)15-6-4-3-5-14(15)13-7-10-21-11-8-13/h3-6,13,16-19,21,23-24H,2,7-12H2,1H3,(H,22,25)/t16?,17-,18-,19?/m1/s1. The molecule has 2 saturated heterocycles. The number of hydrogen-bond acceptors (Lipinski definition) is 5. The Hall–Kier alpha value is -1.47. The maximum Gasteiger partial charge on any atom is 0.251 e. The zero-order valence-electron chi connectivity index (χ0n) is 15.4. The molecule has 0 radical (unpaired) electrons. The van der Waals surface area contributed by atoms with Crippen LogP contribution in [-0.4, -0.2) is 60.2 Å². The Bertz CT molecular complexity index is 603. The van der Waals surface area contributed by atoms with E-state index in [1.807, 2.05) is 31.2 Å². The van der Waals surface area contributed by atoms with Gasteiger partial charge in [0.15, 0.2) is 0 Å². The first-order valence-electron chi connectivity index (χ1n) is 9.70. The molecule has 1 amide bonds. The summed E-state index contributed by atoms with van der Waals surface area (Å²) in [7, 11) is 0. The van der Waals surface area contributed by atoms with Crippen LogP contribution in [0, 0.1) is 0 Å². The van der Waals surface area contributed by atoms with Crippen molar-refractivity contribution in [2.24, 2.45) is 0 Å². The first-order chi connectivity index (χ1) is 12.6. The van der Waals surface area contributed by atoms with Crippen LogP contribution in [0.25, 0.3) is 0 Å². The number of rotatable bonds is 5. The van der Waals surface area contributed by atoms with Crippen molar-refractivity contribution in [3.63, 3.8) is 0 Å². The third-order valence-corrected chi connectivity index (χ3v) is 5.59. The van der Waals surface area contributed by atoms with Crippen LogP contribution in [-0.2, 0) is 4.74 Å². The number of hydrogen-bond donors (Lipinski definition) is 4. The Morgan fingerprint density at radius 3 is 2.73 bits per heavy atom. The van der Waals surface area contributed by atoms with Crippen molar-refractivity contribution in [1.29, 1.82) is 0 Å². The lowest BCUT2D eigenvalue weighted by Crippen LogP contribution is -2.55. The highest BCUT2D eigenvalue weighted by molar-refractivity contribution is 5.96. The minimum Gasteiger partial charge on any atom is -0.390 e. The molecule has 0 aromatic heterocycles. The molecular weight excluding hydrogens is 332 g/mol. The van der Waals surface area contributed by atoms with E-state index in [4.69, 9.17) is 4.74 Å². The summed E-state index contributed by atoms with van der Waals surface area (Å²) in [5.74, 6) is 0.249. The second-order valence-electron chi connectivity index (χ2n) is 7.28. The lowest BCUT2D eigenvalue weighted by molar-refractivity contribution is -0.144. The maximum absolute atomic E-state index is 13.0. The number of nitrogens with one attached hydrogen (secondary N) is 2. The molecule has 4 atom stereocenters. The van der Waals surface area contributed by atoms with Crippen LogP contribution in [0.2, 0.25) is 0 Å². The molecule has 6 heteroatoms. The highest BCUT2D eigenvalue weighted by Gasteiger charge is 2.37. The number of benzene rings is 1. The molecule has 2 aliphatic rings. The summed E-state index contributed by atoms with van der Waals surface area (Å²) in [5.41, 5.74) is 1.79. The van der Waals surface area contributed by atoms with Gasteiger partial charge in [-0.2, -0.15) is 0 Å². The fraction of sp³-hybridized carbons (Fsp3) is 0.650. The Labute approximate surface area is 154 Å². The molecule has 6 nitrogen and oxygen atoms in total. The van der Waals surface area contributed by atoms with E-state index in [1.54, 1.807) is 0 Å². The largest absolute Gasteiger partial charge is 0.390 e. The Morgan fingerprint density at radius 1 is 1.27 bits per heavy atom. The third kappa shape index (κ3) is 4.26. The fourth-order valence-electron chi connectivity index (χ4n) is 4.02. The van der Waals surface area contributed by atoms with Gasteiger partial charge in [0.2, 0.25) is 0 Å². The molecule has 144 valence electrons. The Morgan fingerprint density at radius 2 is 2.00 bits per heavy atom. The summed E-state index contributed by atoms with van der Waals surface area (Å²) in [6.45, 7) is 4.28. The smallest absolute Gasteiger partial charge is 0.251 e. The lowest BCUT2D eigenvalue weighted by atomic mass is 9.86. The van der Waals surface area contributed by atoms with E-state index in [1.165, 1.54) is 0 Å².